The Kier molecular flexibility index (Phi) is 3.24. The van der Waals surface area contributed by atoms with Crippen LogP contribution in [0.3, 0.4) is 0 Å². The van der Waals surface area contributed by atoms with Crippen molar-refractivity contribution in [2.24, 2.45) is 0 Å². The molecule has 2 fully saturated rings. The van der Waals surface area contributed by atoms with Gasteiger partial charge in [-0.3, -0.25) is 0 Å². The molecule has 0 unspecified atom stereocenters. The van der Waals surface area contributed by atoms with Gasteiger partial charge in [-0.1, -0.05) is 30.3 Å². The number of carbonyl (C=O) groups is 1. The average Bonchev–Trinajstić information content (AvgIpc) is 3.11. The summed E-state index contributed by atoms with van der Waals surface area (Å²) in [6.45, 7) is 8.34. The van der Waals surface area contributed by atoms with Crippen LogP contribution in [0.25, 0.3) is 0 Å². The molecule has 0 aliphatic carbocycles. The quantitative estimate of drug-likeness (QED) is 0.745. The Labute approximate surface area is 126 Å². The predicted molar refractivity (Wildman–Crippen MR) is 80.0 cm³/mol. The Morgan fingerprint density at radius 2 is 2.00 bits per heavy atom. The van der Waals surface area contributed by atoms with Gasteiger partial charge in [0, 0.05) is 12.5 Å². The molecule has 3 atom stereocenters. The summed E-state index contributed by atoms with van der Waals surface area (Å²) < 4.78 is 11.5. The summed E-state index contributed by atoms with van der Waals surface area (Å²) in [6, 6.07) is 10.4. The molecule has 0 radical (unpaired) electrons. The number of ether oxygens (including phenoxy) is 2. The average molecular weight is 289 g/mol. The molecule has 0 aromatic heterocycles. The third-order valence-electron chi connectivity index (χ3n) is 4.20. The number of rotatable bonds is 1. The smallest absolute Gasteiger partial charge is 0.410 e. The number of hydrogen-bond acceptors (Lipinski definition) is 3. The molecule has 4 nitrogen and oxygen atoms in total. The van der Waals surface area contributed by atoms with E-state index >= 15 is 0 Å². The lowest BCUT2D eigenvalue weighted by Crippen LogP contribution is -2.49. The van der Waals surface area contributed by atoms with Crippen LogP contribution < -0.4 is 0 Å². The topological polar surface area (TPSA) is 42.1 Å². The number of epoxide rings is 1. The summed E-state index contributed by atoms with van der Waals surface area (Å²) in [5, 5.41) is 0. The highest BCUT2D eigenvalue weighted by atomic mass is 16.6. The summed E-state index contributed by atoms with van der Waals surface area (Å²) in [4.78, 5) is 14.1. The maximum atomic E-state index is 12.3. The molecule has 114 valence electrons. The number of likely N-dealkylation sites (tertiary alicyclic amines) is 1. The number of carbonyl (C=O) groups excluding carboxylic acids is 1. The van der Waals surface area contributed by atoms with E-state index in [2.05, 4.69) is 19.1 Å². The first-order valence-electron chi connectivity index (χ1n) is 7.55. The van der Waals surface area contributed by atoms with Crippen molar-refractivity contribution in [3.63, 3.8) is 0 Å². The lowest BCUT2D eigenvalue weighted by molar-refractivity contribution is 0.0121. The van der Waals surface area contributed by atoms with Crippen LogP contribution in [0.5, 0.6) is 0 Å². The first-order valence-corrected chi connectivity index (χ1v) is 7.55. The minimum absolute atomic E-state index is 0.0867. The fourth-order valence-electron chi connectivity index (χ4n) is 3.16. The van der Waals surface area contributed by atoms with Gasteiger partial charge in [0.1, 0.15) is 17.3 Å². The van der Waals surface area contributed by atoms with Crippen molar-refractivity contribution in [3.8, 4) is 0 Å². The highest BCUT2D eigenvalue weighted by molar-refractivity contribution is 5.69. The Bertz CT molecular complexity index is 537. The highest BCUT2D eigenvalue weighted by Gasteiger charge is 2.62. The fourth-order valence-corrected chi connectivity index (χ4v) is 3.16. The number of piperidine rings is 1. The molecule has 2 aliphatic rings. The molecule has 3 rings (SSSR count). The molecule has 1 aromatic rings. The van der Waals surface area contributed by atoms with Gasteiger partial charge in [0.15, 0.2) is 0 Å². The molecular weight excluding hydrogens is 266 g/mol. The normalized spacial score (nSPS) is 31.5. The van der Waals surface area contributed by atoms with Crippen molar-refractivity contribution in [1.29, 1.82) is 0 Å². The van der Waals surface area contributed by atoms with Crippen molar-refractivity contribution in [2.75, 3.05) is 6.54 Å². The van der Waals surface area contributed by atoms with E-state index in [1.165, 1.54) is 5.56 Å². The van der Waals surface area contributed by atoms with Crippen LogP contribution in [0.2, 0.25) is 0 Å². The third-order valence-corrected chi connectivity index (χ3v) is 4.20. The monoisotopic (exact) mass is 289 g/mol. The molecule has 2 aliphatic heterocycles. The molecule has 2 heterocycles. The Balaban J connectivity index is 1.72. The van der Waals surface area contributed by atoms with Gasteiger partial charge in [-0.05, 0) is 33.3 Å². The van der Waals surface area contributed by atoms with Crippen LogP contribution in [0.4, 0.5) is 4.79 Å². The van der Waals surface area contributed by atoms with E-state index in [1.807, 2.05) is 39.0 Å². The number of nitrogens with zero attached hydrogens (tertiary/aromatic N) is 1. The zero-order valence-electron chi connectivity index (χ0n) is 13.1. The van der Waals surface area contributed by atoms with Crippen molar-refractivity contribution < 1.29 is 14.3 Å². The van der Waals surface area contributed by atoms with Crippen molar-refractivity contribution in [2.45, 2.75) is 57.5 Å². The largest absolute Gasteiger partial charge is 0.444 e. The predicted octanol–water partition coefficient (Wildman–Crippen LogP) is 3.31. The lowest BCUT2D eigenvalue weighted by Gasteiger charge is -2.36. The van der Waals surface area contributed by atoms with Crippen molar-refractivity contribution in [3.05, 3.63) is 35.9 Å². The minimum atomic E-state index is -0.463. The highest BCUT2D eigenvalue weighted by Crippen LogP contribution is 2.53. The molecule has 0 saturated carbocycles. The minimum Gasteiger partial charge on any atom is -0.444 e. The standard InChI is InChI=1S/C17H23NO3/c1-12-10-17(13-8-6-5-7-9-13)14(20-17)11-18(12)15(19)21-16(2,3)4/h5-9,12,14H,10-11H2,1-4H3/t12-,14+,17-/m1/s1. The zero-order chi connectivity index (χ0) is 15.3. The maximum Gasteiger partial charge on any atom is 0.410 e. The van der Waals surface area contributed by atoms with E-state index in [0.717, 1.165) is 6.42 Å². The molecule has 0 spiro atoms. The van der Waals surface area contributed by atoms with Crippen molar-refractivity contribution in [1.82, 2.24) is 4.90 Å². The number of benzene rings is 1. The van der Waals surface area contributed by atoms with E-state index in [9.17, 15) is 4.79 Å². The van der Waals surface area contributed by atoms with Crippen LogP contribution >= 0.6 is 0 Å². The zero-order valence-corrected chi connectivity index (χ0v) is 13.1. The molecule has 1 aromatic carbocycles. The van der Waals surface area contributed by atoms with E-state index in [-0.39, 0.29) is 23.8 Å². The maximum absolute atomic E-state index is 12.3. The van der Waals surface area contributed by atoms with Crippen LogP contribution in [0.1, 0.15) is 39.7 Å². The summed E-state index contributed by atoms with van der Waals surface area (Å²) in [5.74, 6) is 0. The summed E-state index contributed by atoms with van der Waals surface area (Å²) in [7, 11) is 0. The number of fused-ring (bicyclic) bond motifs is 1. The van der Waals surface area contributed by atoms with Gasteiger partial charge < -0.3 is 14.4 Å². The van der Waals surface area contributed by atoms with E-state index in [0.29, 0.717) is 6.54 Å². The van der Waals surface area contributed by atoms with Gasteiger partial charge in [0.2, 0.25) is 0 Å². The Morgan fingerprint density at radius 1 is 1.33 bits per heavy atom. The van der Waals surface area contributed by atoms with Gasteiger partial charge in [0.05, 0.1) is 6.54 Å². The number of hydrogen-bond donors (Lipinski definition) is 0. The van der Waals surface area contributed by atoms with Crippen LogP contribution in [0.15, 0.2) is 30.3 Å². The van der Waals surface area contributed by atoms with E-state index in [4.69, 9.17) is 9.47 Å². The summed E-state index contributed by atoms with van der Waals surface area (Å²) >= 11 is 0. The van der Waals surface area contributed by atoms with E-state index in [1.54, 1.807) is 4.90 Å². The lowest BCUT2D eigenvalue weighted by atomic mass is 9.85. The van der Waals surface area contributed by atoms with Crippen LogP contribution in [0, 0.1) is 0 Å². The second-order valence-corrected chi connectivity index (χ2v) is 7.05. The summed E-state index contributed by atoms with van der Waals surface area (Å²) in [6.07, 6.45) is 0.664. The van der Waals surface area contributed by atoms with Gasteiger partial charge in [-0.15, -0.1) is 0 Å². The second-order valence-electron chi connectivity index (χ2n) is 7.05. The molecular formula is C17H23NO3. The van der Waals surface area contributed by atoms with Crippen LogP contribution in [-0.2, 0) is 15.1 Å². The van der Waals surface area contributed by atoms with Gasteiger partial charge in [-0.2, -0.15) is 0 Å². The molecule has 1 amide bonds. The van der Waals surface area contributed by atoms with E-state index < -0.39 is 5.60 Å². The first-order chi connectivity index (χ1) is 9.82. The SMILES string of the molecule is C[C@@H]1C[C@]2(c3ccccc3)O[C@H]2CN1C(=O)OC(C)(C)C. The Hall–Kier alpha value is -1.55. The van der Waals surface area contributed by atoms with Gasteiger partial charge in [0.25, 0.3) is 0 Å². The molecule has 0 N–H and O–H groups in total. The Morgan fingerprint density at radius 3 is 2.62 bits per heavy atom. The van der Waals surface area contributed by atoms with Crippen LogP contribution in [-0.4, -0.2) is 35.3 Å². The summed E-state index contributed by atoms with van der Waals surface area (Å²) in [5.41, 5.74) is 0.555. The molecule has 2 saturated heterocycles. The first kappa shape index (κ1) is 14.4. The van der Waals surface area contributed by atoms with Gasteiger partial charge >= 0.3 is 6.09 Å². The van der Waals surface area contributed by atoms with Gasteiger partial charge in [-0.25, -0.2) is 4.79 Å². The second kappa shape index (κ2) is 4.73. The molecule has 21 heavy (non-hydrogen) atoms. The van der Waals surface area contributed by atoms with Crippen molar-refractivity contribution >= 4 is 6.09 Å². The molecule has 0 bridgehead atoms. The fraction of sp³-hybridized carbons (Fsp3) is 0.588. The third kappa shape index (κ3) is 2.64. The number of amides is 1. The molecule has 4 heteroatoms.